The van der Waals surface area contributed by atoms with Crippen LogP contribution in [0, 0.1) is 6.92 Å². The second-order valence-corrected chi connectivity index (χ2v) is 7.56. The zero-order chi connectivity index (χ0) is 24.6. The summed E-state index contributed by atoms with van der Waals surface area (Å²) in [5.41, 5.74) is 10.2. The van der Waals surface area contributed by atoms with Crippen molar-refractivity contribution in [2.75, 3.05) is 25.6 Å². The molecular weight excluding hydrogens is 434 g/mol. The molecule has 0 amide bonds. The number of anilines is 2. The third-order valence-corrected chi connectivity index (χ3v) is 5.38. The molecular formula is C26H29N3O5. The van der Waals surface area contributed by atoms with E-state index in [2.05, 4.69) is 17.4 Å². The Bertz CT molecular complexity index is 1160. The molecule has 1 unspecified atom stereocenters. The number of rotatable bonds is 7. The summed E-state index contributed by atoms with van der Waals surface area (Å²) in [6, 6.07) is 22.3. The van der Waals surface area contributed by atoms with E-state index in [-0.39, 0.29) is 12.5 Å². The van der Waals surface area contributed by atoms with Gasteiger partial charge < -0.3 is 30.4 Å². The van der Waals surface area contributed by atoms with Crippen LogP contribution in [0.5, 0.6) is 11.5 Å². The van der Waals surface area contributed by atoms with Crippen molar-refractivity contribution in [3.8, 4) is 11.5 Å². The van der Waals surface area contributed by atoms with Gasteiger partial charge >= 0.3 is 0 Å². The number of benzene rings is 3. The van der Waals surface area contributed by atoms with Crippen molar-refractivity contribution in [1.82, 2.24) is 0 Å². The van der Waals surface area contributed by atoms with Gasteiger partial charge in [-0.3, -0.25) is 4.79 Å². The molecule has 3 aromatic carbocycles. The Morgan fingerprint density at radius 3 is 2.41 bits per heavy atom. The molecule has 0 saturated heterocycles. The number of ether oxygens (including phenoxy) is 3. The molecule has 3 aromatic rings. The number of nitrogens with zero attached hydrogens (tertiary/aromatic N) is 1. The summed E-state index contributed by atoms with van der Waals surface area (Å²) in [6.07, 6.45) is 0. The minimum atomic E-state index is -0.717. The fraction of sp³-hybridized carbons (Fsp3) is 0.231. The first-order valence-electron chi connectivity index (χ1n) is 10.8. The third kappa shape index (κ3) is 5.40. The number of amidine groups is 1. The van der Waals surface area contributed by atoms with E-state index in [0.29, 0.717) is 13.2 Å². The van der Waals surface area contributed by atoms with Crippen LogP contribution in [0.3, 0.4) is 0 Å². The van der Waals surface area contributed by atoms with Gasteiger partial charge in [0.05, 0.1) is 13.7 Å². The van der Waals surface area contributed by atoms with Gasteiger partial charge in [-0.2, -0.15) is 0 Å². The van der Waals surface area contributed by atoms with Gasteiger partial charge in [-0.25, -0.2) is 4.99 Å². The number of nitrogens with two attached hydrogens (primary N) is 1. The van der Waals surface area contributed by atoms with Gasteiger partial charge in [-0.05, 0) is 66.9 Å². The summed E-state index contributed by atoms with van der Waals surface area (Å²) in [5.74, 6) is 1.66. The highest BCUT2D eigenvalue weighted by atomic mass is 16.5. The normalized spacial score (nSPS) is 16.4. The van der Waals surface area contributed by atoms with Crippen molar-refractivity contribution in [2.45, 2.75) is 19.4 Å². The van der Waals surface area contributed by atoms with Crippen molar-refractivity contribution < 1.29 is 24.1 Å². The van der Waals surface area contributed by atoms with Crippen molar-refractivity contribution in [2.24, 2.45) is 10.7 Å². The predicted molar refractivity (Wildman–Crippen MR) is 132 cm³/mol. The molecule has 8 heteroatoms. The second-order valence-electron chi connectivity index (χ2n) is 7.56. The molecule has 1 atom stereocenters. The van der Waals surface area contributed by atoms with Crippen LogP contribution in [-0.4, -0.2) is 37.9 Å². The third-order valence-electron chi connectivity index (χ3n) is 5.38. The highest BCUT2D eigenvalue weighted by Gasteiger charge is 2.40. The van der Waals surface area contributed by atoms with E-state index in [4.69, 9.17) is 34.8 Å². The topological polar surface area (TPSA) is 115 Å². The van der Waals surface area contributed by atoms with Crippen LogP contribution < -0.4 is 20.5 Å². The van der Waals surface area contributed by atoms with E-state index in [9.17, 15) is 0 Å². The van der Waals surface area contributed by atoms with Crippen molar-refractivity contribution in [3.05, 3.63) is 83.4 Å². The molecule has 34 heavy (non-hydrogen) atoms. The van der Waals surface area contributed by atoms with Gasteiger partial charge in [-0.1, -0.05) is 24.3 Å². The van der Waals surface area contributed by atoms with Crippen LogP contribution in [0.1, 0.15) is 23.6 Å². The number of aliphatic imine (C=N–C) groups is 1. The first kappa shape index (κ1) is 24.4. The summed E-state index contributed by atoms with van der Waals surface area (Å²) in [4.78, 5) is 13.1. The molecule has 4 N–H and O–H groups in total. The lowest BCUT2D eigenvalue weighted by molar-refractivity contribution is -0.122. The Kier molecular flexibility index (Phi) is 7.97. The summed E-state index contributed by atoms with van der Waals surface area (Å²) in [5, 5.41) is 10.3. The lowest BCUT2D eigenvalue weighted by Crippen LogP contribution is -2.27. The van der Waals surface area contributed by atoms with Gasteiger partial charge in [-0.15, -0.1) is 0 Å². The maximum atomic E-state index is 8.36. The minimum Gasteiger partial charge on any atom is -0.497 e. The first-order valence-corrected chi connectivity index (χ1v) is 10.8. The Hall–Kier alpha value is -4.20. The van der Waals surface area contributed by atoms with E-state index in [0.717, 1.165) is 39.6 Å². The number of aryl methyl sites for hydroxylation is 1. The number of hydrogen-bond donors (Lipinski definition) is 3. The average Bonchev–Trinajstić information content (AvgIpc) is 3.24. The molecule has 0 spiro atoms. The number of methoxy groups -OCH3 is 1. The summed E-state index contributed by atoms with van der Waals surface area (Å²) < 4.78 is 16.7. The molecule has 4 rings (SSSR count). The SMILES string of the molecule is CCOc1ccc(C2(c3cccc(Nc4cccc(OC)c4)c3)COC(N)=N2)cc1C.O=CO. The molecule has 0 aromatic heterocycles. The molecule has 0 bridgehead atoms. The highest BCUT2D eigenvalue weighted by Crippen LogP contribution is 2.40. The van der Waals surface area contributed by atoms with Crippen molar-refractivity contribution >= 4 is 23.9 Å². The molecule has 1 heterocycles. The largest absolute Gasteiger partial charge is 0.497 e. The average molecular weight is 464 g/mol. The minimum absolute atomic E-state index is 0.192. The molecule has 0 saturated carbocycles. The number of carbonyl (C=O) groups is 1. The van der Waals surface area contributed by atoms with Crippen LogP contribution in [0.25, 0.3) is 0 Å². The summed E-state index contributed by atoms with van der Waals surface area (Å²) >= 11 is 0. The van der Waals surface area contributed by atoms with Gasteiger partial charge in [0.15, 0.2) is 5.54 Å². The van der Waals surface area contributed by atoms with Gasteiger partial charge in [0.25, 0.3) is 12.5 Å². The summed E-state index contributed by atoms with van der Waals surface area (Å²) in [6.45, 7) is 4.73. The van der Waals surface area contributed by atoms with E-state index < -0.39 is 5.54 Å². The lowest BCUT2D eigenvalue weighted by Gasteiger charge is -2.26. The standard InChI is InChI=1S/C25H27N3O3.CH2O2/c1-4-30-23-12-11-19(13-17(23)2)25(16-31-24(26)28-25)18-7-5-8-20(14-18)27-21-9-6-10-22(15-21)29-3;2-1-3/h5-15,27H,4,16H2,1-3H3,(H2,26,28);1H,(H,2,3). The van der Waals surface area contributed by atoms with Crippen molar-refractivity contribution in [1.29, 1.82) is 0 Å². The highest BCUT2D eigenvalue weighted by molar-refractivity contribution is 5.75. The van der Waals surface area contributed by atoms with E-state index >= 15 is 0 Å². The first-order chi connectivity index (χ1) is 16.4. The van der Waals surface area contributed by atoms with E-state index in [1.54, 1.807) is 7.11 Å². The van der Waals surface area contributed by atoms with Crippen molar-refractivity contribution in [3.63, 3.8) is 0 Å². The Morgan fingerprint density at radius 2 is 1.79 bits per heavy atom. The maximum absolute atomic E-state index is 8.36. The lowest BCUT2D eigenvalue weighted by atomic mass is 9.83. The van der Waals surface area contributed by atoms with Gasteiger partial charge in [0, 0.05) is 17.4 Å². The molecule has 1 aliphatic rings. The van der Waals surface area contributed by atoms with Crippen LogP contribution in [0.2, 0.25) is 0 Å². The van der Waals surface area contributed by atoms with Crippen LogP contribution in [-0.2, 0) is 15.1 Å². The fourth-order valence-electron chi connectivity index (χ4n) is 3.84. The Morgan fingerprint density at radius 1 is 1.12 bits per heavy atom. The number of carboxylic acid groups (broad SMARTS) is 1. The fourth-order valence-corrected chi connectivity index (χ4v) is 3.84. The van der Waals surface area contributed by atoms with Crippen LogP contribution in [0.15, 0.2) is 71.7 Å². The quantitative estimate of drug-likeness (QED) is 0.444. The van der Waals surface area contributed by atoms with Gasteiger partial charge in [0.2, 0.25) is 0 Å². The monoisotopic (exact) mass is 463 g/mol. The predicted octanol–water partition coefficient (Wildman–Crippen LogP) is 4.44. The number of hydrogen-bond acceptors (Lipinski definition) is 7. The van der Waals surface area contributed by atoms with E-state index in [1.165, 1.54) is 0 Å². The molecule has 0 aliphatic carbocycles. The maximum Gasteiger partial charge on any atom is 0.290 e. The second kappa shape index (κ2) is 11.1. The molecule has 178 valence electrons. The Balaban J connectivity index is 0.00000103. The zero-order valence-corrected chi connectivity index (χ0v) is 19.4. The molecule has 0 fully saturated rings. The Labute approximate surface area is 199 Å². The molecule has 1 aliphatic heterocycles. The van der Waals surface area contributed by atoms with Crippen LogP contribution >= 0.6 is 0 Å². The van der Waals surface area contributed by atoms with E-state index in [1.807, 2.05) is 68.4 Å². The molecule has 8 nitrogen and oxygen atoms in total. The summed E-state index contributed by atoms with van der Waals surface area (Å²) in [7, 11) is 1.66. The van der Waals surface area contributed by atoms with Crippen LogP contribution in [0.4, 0.5) is 11.4 Å². The van der Waals surface area contributed by atoms with Gasteiger partial charge in [0.1, 0.15) is 18.1 Å². The zero-order valence-electron chi connectivity index (χ0n) is 19.4. The molecule has 0 radical (unpaired) electrons. The number of nitrogens with one attached hydrogen (secondary N) is 1. The smallest absolute Gasteiger partial charge is 0.290 e.